The number of nitrogens with two attached hydrogens (primary N) is 1. The zero-order valence-corrected chi connectivity index (χ0v) is 12.4. The smallest absolute Gasteiger partial charge is 0.239 e. The molecule has 1 aliphatic rings. The Labute approximate surface area is 115 Å². The van der Waals surface area contributed by atoms with Crippen molar-refractivity contribution in [2.24, 2.45) is 5.73 Å². The van der Waals surface area contributed by atoms with Crippen LogP contribution in [0.5, 0.6) is 0 Å². The van der Waals surface area contributed by atoms with Gasteiger partial charge in [-0.25, -0.2) is 0 Å². The Morgan fingerprint density at radius 1 is 1.26 bits per heavy atom. The highest BCUT2D eigenvalue weighted by Crippen LogP contribution is 2.28. The van der Waals surface area contributed by atoms with Crippen molar-refractivity contribution in [2.75, 3.05) is 13.6 Å². The van der Waals surface area contributed by atoms with Gasteiger partial charge in [0.1, 0.15) is 0 Å². The van der Waals surface area contributed by atoms with Crippen LogP contribution in [-0.4, -0.2) is 41.9 Å². The first kappa shape index (κ1) is 16.0. The third-order valence-corrected chi connectivity index (χ3v) is 3.61. The summed E-state index contributed by atoms with van der Waals surface area (Å²) < 4.78 is 0. The minimum Gasteiger partial charge on any atom is -0.352 e. The van der Waals surface area contributed by atoms with E-state index >= 15 is 0 Å². The van der Waals surface area contributed by atoms with Crippen LogP contribution >= 0.6 is 0 Å². The number of carbonyl (C=O) groups is 2. The summed E-state index contributed by atoms with van der Waals surface area (Å²) in [6, 6.07) is 0.0928. The van der Waals surface area contributed by atoms with Gasteiger partial charge >= 0.3 is 0 Å². The predicted molar refractivity (Wildman–Crippen MR) is 75.5 cm³/mol. The van der Waals surface area contributed by atoms with Gasteiger partial charge < -0.3 is 16.0 Å². The van der Waals surface area contributed by atoms with Crippen LogP contribution < -0.4 is 11.1 Å². The van der Waals surface area contributed by atoms with E-state index in [9.17, 15) is 9.59 Å². The van der Waals surface area contributed by atoms with E-state index in [1.807, 2.05) is 13.8 Å². The molecule has 0 bridgehead atoms. The lowest BCUT2D eigenvalue weighted by Gasteiger charge is -2.34. The zero-order chi connectivity index (χ0) is 14.5. The van der Waals surface area contributed by atoms with Crippen LogP contribution in [0.4, 0.5) is 0 Å². The lowest BCUT2D eigenvalue weighted by atomic mass is 9.80. The van der Waals surface area contributed by atoms with E-state index in [0.717, 1.165) is 25.7 Å². The largest absolute Gasteiger partial charge is 0.352 e. The molecule has 3 N–H and O–H groups in total. The lowest BCUT2D eigenvalue weighted by Crippen LogP contribution is -2.48. The molecule has 0 aromatic rings. The topological polar surface area (TPSA) is 75.4 Å². The van der Waals surface area contributed by atoms with Gasteiger partial charge in [-0.2, -0.15) is 0 Å². The monoisotopic (exact) mass is 269 g/mol. The molecule has 0 saturated heterocycles. The van der Waals surface area contributed by atoms with Crippen LogP contribution in [0, 0.1) is 0 Å². The SMILES string of the molecule is CC(C)NC(=O)CN(C)C(=O)CC1(N)CCCCC1. The number of nitrogens with zero attached hydrogens (tertiary/aromatic N) is 1. The molecule has 0 aromatic heterocycles. The highest BCUT2D eigenvalue weighted by Gasteiger charge is 2.31. The number of nitrogens with one attached hydrogen (secondary N) is 1. The first-order chi connectivity index (χ1) is 8.82. The van der Waals surface area contributed by atoms with Crippen LogP contribution in [-0.2, 0) is 9.59 Å². The van der Waals surface area contributed by atoms with Crippen LogP contribution in [0.15, 0.2) is 0 Å². The molecule has 19 heavy (non-hydrogen) atoms. The molecule has 0 unspecified atom stereocenters. The van der Waals surface area contributed by atoms with Gasteiger partial charge in [-0.3, -0.25) is 9.59 Å². The number of likely N-dealkylation sites (N-methyl/N-ethyl adjacent to an activating group) is 1. The fourth-order valence-electron chi connectivity index (χ4n) is 2.54. The van der Waals surface area contributed by atoms with Crippen molar-refractivity contribution in [3.05, 3.63) is 0 Å². The van der Waals surface area contributed by atoms with Crippen LogP contribution in [0.1, 0.15) is 52.4 Å². The summed E-state index contributed by atoms with van der Waals surface area (Å²) in [6.07, 6.45) is 5.57. The van der Waals surface area contributed by atoms with Crippen molar-refractivity contribution >= 4 is 11.8 Å². The van der Waals surface area contributed by atoms with Gasteiger partial charge in [-0.05, 0) is 26.7 Å². The third kappa shape index (κ3) is 5.59. The molecule has 2 amide bonds. The average Bonchev–Trinajstić information content (AvgIpc) is 2.27. The first-order valence-electron chi connectivity index (χ1n) is 7.15. The molecule has 0 aromatic carbocycles. The summed E-state index contributed by atoms with van der Waals surface area (Å²) in [7, 11) is 1.66. The number of hydrogen-bond acceptors (Lipinski definition) is 3. The highest BCUT2D eigenvalue weighted by atomic mass is 16.2. The summed E-state index contributed by atoms with van der Waals surface area (Å²) in [5.74, 6) is -0.163. The molecule has 0 spiro atoms. The summed E-state index contributed by atoms with van der Waals surface area (Å²) in [5.41, 5.74) is 5.90. The maximum atomic E-state index is 12.1. The van der Waals surface area contributed by atoms with E-state index in [0.29, 0.717) is 6.42 Å². The quantitative estimate of drug-likeness (QED) is 0.782. The molecule has 0 radical (unpaired) electrons. The zero-order valence-electron chi connectivity index (χ0n) is 12.4. The maximum Gasteiger partial charge on any atom is 0.239 e. The van der Waals surface area contributed by atoms with Crippen LogP contribution in [0.2, 0.25) is 0 Å². The molecule has 5 nitrogen and oxygen atoms in total. The summed E-state index contributed by atoms with van der Waals surface area (Å²) in [4.78, 5) is 25.2. The minimum absolute atomic E-state index is 0.0386. The molecule has 1 aliphatic carbocycles. The fraction of sp³-hybridized carbons (Fsp3) is 0.857. The van der Waals surface area contributed by atoms with E-state index in [-0.39, 0.29) is 29.9 Å². The standard InChI is InChI=1S/C14H27N3O2/c1-11(2)16-12(18)10-17(3)13(19)9-14(15)7-5-4-6-8-14/h11H,4-10,15H2,1-3H3,(H,16,18). The third-order valence-electron chi connectivity index (χ3n) is 3.61. The summed E-state index contributed by atoms with van der Waals surface area (Å²) in [5, 5.41) is 2.78. The fourth-order valence-corrected chi connectivity index (χ4v) is 2.54. The van der Waals surface area contributed by atoms with Crippen molar-refractivity contribution < 1.29 is 9.59 Å². The Hall–Kier alpha value is -1.10. The van der Waals surface area contributed by atoms with Crippen LogP contribution in [0.3, 0.4) is 0 Å². The lowest BCUT2D eigenvalue weighted by molar-refractivity contribution is -0.136. The van der Waals surface area contributed by atoms with Gasteiger partial charge in [0.05, 0.1) is 6.54 Å². The number of hydrogen-bond donors (Lipinski definition) is 2. The van der Waals surface area contributed by atoms with Gasteiger partial charge in [0.25, 0.3) is 0 Å². The van der Waals surface area contributed by atoms with E-state index in [4.69, 9.17) is 5.73 Å². The van der Waals surface area contributed by atoms with Crippen molar-refractivity contribution in [3.63, 3.8) is 0 Å². The molecule has 0 heterocycles. The molecule has 0 atom stereocenters. The van der Waals surface area contributed by atoms with E-state index in [1.165, 1.54) is 11.3 Å². The minimum atomic E-state index is -0.363. The Bertz CT molecular complexity index is 323. The number of rotatable bonds is 5. The molecule has 110 valence electrons. The van der Waals surface area contributed by atoms with Gasteiger partial charge in [-0.1, -0.05) is 19.3 Å². The predicted octanol–water partition coefficient (Wildman–Crippen LogP) is 1.02. The molecule has 1 fully saturated rings. The second-order valence-electron chi connectivity index (χ2n) is 6.07. The molecule has 1 saturated carbocycles. The molecular weight excluding hydrogens is 242 g/mol. The highest BCUT2D eigenvalue weighted by molar-refractivity contribution is 5.85. The number of carbonyl (C=O) groups excluding carboxylic acids is 2. The summed E-state index contributed by atoms with van der Waals surface area (Å²) in [6.45, 7) is 3.90. The second-order valence-corrected chi connectivity index (χ2v) is 6.07. The van der Waals surface area contributed by atoms with Gasteiger partial charge in [-0.15, -0.1) is 0 Å². The van der Waals surface area contributed by atoms with E-state index in [2.05, 4.69) is 5.32 Å². The molecule has 0 aliphatic heterocycles. The van der Waals surface area contributed by atoms with E-state index < -0.39 is 0 Å². The van der Waals surface area contributed by atoms with Gasteiger partial charge in [0, 0.05) is 25.0 Å². The Kier molecular flexibility index (Phi) is 5.79. The number of amides is 2. The van der Waals surface area contributed by atoms with Crippen molar-refractivity contribution in [1.29, 1.82) is 0 Å². The van der Waals surface area contributed by atoms with Gasteiger partial charge in [0.2, 0.25) is 11.8 Å². The first-order valence-corrected chi connectivity index (χ1v) is 7.15. The van der Waals surface area contributed by atoms with Crippen LogP contribution in [0.25, 0.3) is 0 Å². The summed E-state index contributed by atoms with van der Waals surface area (Å²) >= 11 is 0. The molecular formula is C14H27N3O2. The Morgan fingerprint density at radius 3 is 2.37 bits per heavy atom. The Morgan fingerprint density at radius 2 is 1.84 bits per heavy atom. The average molecular weight is 269 g/mol. The molecule has 5 heteroatoms. The van der Waals surface area contributed by atoms with Crippen molar-refractivity contribution in [1.82, 2.24) is 10.2 Å². The molecule has 1 rings (SSSR count). The van der Waals surface area contributed by atoms with Crippen molar-refractivity contribution in [3.8, 4) is 0 Å². The van der Waals surface area contributed by atoms with Crippen molar-refractivity contribution in [2.45, 2.75) is 64.0 Å². The van der Waals surface area contributed by atoms with Gasteiger partial charge in [0.15, 0.2) is 0 Å². The Balaban J connectivity index is 2.41. The van der Waals surface area contributed by atoms with E-state index in [1.54, 1.807) is 7.05 Å². The maximum absolute atomic E-state index is 12.1. The normalized spacial score (nSPS) is 18.2. The second kappa shape index (κ2) is 6.89.